The number of hydrogen-bond acceptors (Lipinski definition) is 6. The number of para-hydroxylation sites is 1. The molecule has 0 fully saturated rings. The maximum absolute atomic E-state index is 12.4. The maximum atomic E-state index is 12.4. The summed E-state index contributed by atoms with van der Waals surface area (Å²) < 4.78 is 8.71. The number of carbonyl (C=O) groups excluding carboxylic acids is 1. The van der Waals surface area contributed by atoms with E-state index in [1.165, 1.54) is 13.2 Å². The fraction of sp³-hybridized carbons (Fsp3) is 0.385. The molecule has 0 aromatic heterocycles. The molecule has 1 aromatic rings. The van der Waals surface area contributed by atoms with Crippen LogP contribution in [0.1, 0.15) is 26.3 Å². The second-order valence-electron chi connectivity index (χ2n) is 5.45. The minimum Gasteiger partial charge on any atom is -0.477 e. The maximum Gasteiger partial charge on any atom is 0.616 e. The molecule has 1 amide bonds. The lowest BCUT2D eigenvalue weighted by Crippen LogP contribution is -2.55. The fourth-order valence-electron chi connectivity index (χ4n) is 1.97. The minimum atomic E-state index is -1.50. The van der Waals surface area contributed by atoms with Gasteiger partial charge < -0.3 is 9.47 Å². The van der Waals surface area contributed by atoms with Crippen LogP contribution in [0.2, 0.25) is 0 Å². The van der Waals surface area contributed by atoms with E-state index in [4.69, 9.17) is 9.47 Å². The molecular weight excluding hydrogens is 278 g/mol. The number of rotatable bonds is 1. The zero-order valence-electron chi connectivity index (χ0n) is 12.2. The van der Waals surface area contributed by atoms with E-state index in [2.05, 4.69) is 5.10 Å². The van der Waals surface area contributed by atoms with Gasteiger partial charge in [-0.3, -0.25) is 0 Å². The van der Waals surface area contributed by atoms with Gasteiger partial charge in [-0.25, -0.2) is 10.1 Å². The summed E-state index contributed by atoms with van der Waals surface area (Å²) in [5, 5.41) is 14.6. The Hall–Kier alpha value is -2.48. The molecule has 0 bridgehead atoms. The summed E-state index contributed by atoms with van der Waals surface area (Å²) in [7, 11) is 1.34. The molecule has 0 spiro atoms. The Bertz CT molecular complexity index is 635. The lowest BCUT2D eigenvalue weighted by atomic mass is 10.2. The third-order valence-electron chi connectivity index (χ3n) is 2.78. The molecular formula is C13H16N3O5+. The van der Waals surface area contributed by atoms with Crippen molar-refractivity contribution in [2.75, 3.05) is 7.11 Å². The predicted molar refractivity (Wildman–Crippen MR) is 75.0 cm³/mol. The first-order valence-electron chi connectivity index (χ1n) is 6.24. The van der Waals surface area contributed by atoms with Gasteiger partial charge in [0, 0.05) is 11.2 Å². The molecule has 112 valence electrons. The Morgan fingerprint density at radius 2 is 1.95 bits per heavy atom. The van der Waals surface area contributed by atoms with Gasteiger partial charge in [0.15, 0.2) is 0 Å². The lowest BCUT2D eigenvalue weighted by molar-refractivity contribution is -0.624. The molecule has 1 aromatic carbocycles. The Kier molecular flexibility index (Phi) is 3.42. The van der Waals surface area contributed by atoms with Crippen LogP contribution in [0, 0.1) is 10.1 Å². The number of methoxy groups -OCH3 is 1. The van der Waals surface area contributed by atoms with Gasteiger partial charge in [0.2, 0.25) is 4.70 Å². The number of hydrogen-bond donors (Lipinski definition) is 0. The fourth-order valence-corrected chi connectivity index (χ4v) is 1.97. The highest BCUT2D eigenvalue weighted by atomic mass is 16.7. The van der Waals surface area contributed by atoms with Crippen LogP contribution < -0.4 is 4.70 Å². The molecule has 21 heavy (non-hydrogen) atoms. The minimum absolute atomic E-state index is 0.0214. The van der Waals surface area contributed by atoms with Crippen molar-refractivity contribution in [1.82, 2.24) is 4.70 Å². The molecule has 8 nitrogen and oxygen atoms in total. The van der Waals surface area contributed by atoms with E-state index in [0.717, 1.165) is 0 Å². The third-order valence-corrected chi connectivity index (χ3v) is 2.78. The number of benzene rings is 1. The van der Waals surface area contributed by atoms with E-state index in [1.807, 2.05) is 0 Å². The summed E-state index contributed by atoms with van der Waals surface area (Å²) in [4.78, 5) is 24.0. The van der Waals surface area contributed by atoms with Gasteiger partial charge >= 0.3 is 6.09 Å². The van der Waals surface area contributed by atoms with Crippen LogP contribution >= 0.6 is 0 Å². The van der Waals surface area contributed by atoms with Crippen molar-refractivity contribution >= 4 is 17.7 Å². The molecule has 1 aliphatic rings. The number of nitro groups is 1. The van der Waals surface area contributed by atoms with Crippen LogP contribution in [0.3, 0.4) is 0 Å². The molecule has 1 atom stereocenters. The molecule has 8 heteroatoms. The third kappa shape index (κ3) is 2.33. The first kappa shape index (κ1) is 14.9. The summed E-state index contributed by atoms with van der Waals surface area (Å²) in [6.45, 7) is 4.89. The number of carbonyl (C=O) groups is 1. The predicted octanol–water partition coefficient (Wildman–Crippen LogP) is 2.44. The van der Waals surface area contributed by atoms with Gasteiger partial charge in [0.25, 0.3) is 16.6 Å². The Balaban J connectivity index is 2.62. The van der Waals surface area contributed by atoms with E-state index >= 15 is 0 Å². The van der Waals surface area contributed by atoms with E-state index in [9.17, 15) is 14.9 Å². The molecule has 2 rings (SSSR count). The monoisotopic (exact) mass is 294 g/mol. The number of nitrogens with zero attached hydrogens (tertiary/aromatic N) is 3. The molecule has 1 aliphatic heterocycles. The van der Waals surface area contributed by atoms with Crippen LogP contribution in [0.25, 0.3) is 0 Å². The first-order chi connectivity index (χ1) is 9.72. The van der Waals surface area contributed by atoms with E-state index in [-0.39, 0.29) is 11.6 Å². The van der Waals surface area contributed by atoms with Gasteiger partial charge in [-0.15, -0.1) is 0 Å². The van der Waals surface area contributed by atoms with Crippen molar-refractivity contribution in [2.45, 2.75) is 26.4 Å². The summed E-state index contributed by atoms with van der Waals surface area (Å²) in [5.41, 5.74) is -0.394. The standard InChI is InChI=1S/C13H16N3O5/c1-13(2,3)21-12(17)16(15(18)19)10-8-6-5-7-9(10)11(14-16)20-4/h5-8H,1-4H3/q+1/t16-/m0/s1. The van der Waals surface area contributed by atoms with Crippen LogP contribution in [-0.4, -0.2) is 29.7 Å². The quantitative estimate of drug-likeness (QED) is 0.450. The van der Waals surface area contributed by atoms with Crippen molar-refractivity contribution in [1.29, 1.82) is 0 Å². The summed E-state index contributed by atoms with van der Waals surface area (Å²) in [5.74, 6) is 0.0214. The first-order valence-corrected chi connectivity index (χ1v) is 6.24. The summed E-state index contributed by atoms with van der Waals surface area (Å²) >= 11 is 0. The molecule has 0 aliphatic carbocycles. The van der Waals surface area contributed by atoms with Crippen LogP contribution in [0.5, 0.6) is 0 Å². The molecule has 0 unspecified atom stereocenters. The van der Waals surface area contributed by atoms with E-state index < -0.39 is 21.4 Å². The highest BCUT2D eigenvalue weighted by molar-refractivity contribution is 6.05. The Morgan fingerprint density at radius 1 is 1.33 bits per heavy atom. The Morgan fingerprint density at radius 3 is 2.48 bits per heavy atom. The number of fused-ring (bicyclic) bond motifs is 1. The highest BCUT2D eigenvalue weighted by Crippen LogP contribution is 2.37. The SMILES string of the molecule is COC1=N[N@+](C(=O)OC(C)(C)C)([N+](=O)[O-])c2ccccc21. The lowest BCUT2D eigenvalue weighted by Gasteiger charge is -2.21. The van der Waals surface area contributed by atoms with Crippen molar-refractivity contribution < 1.29 is 19.3 Å². The van der Waals surface area contributed by atoms with Crippen molar-refractivity contribution in [2.24, 2.45) is 5.10 Å². The Labute approximate surface area is 121 Å². The number of amides is 1. The highest BCUT2D eigenvalue weighted by Gasteiger charge is 2.63. The molecule has 1 heterocycles. The largest absolute Gasteiger partial charge is 0.616 e. The number of ether oxygens (including phenoxy) is 2. The van der Waals surface area contributed by atoms with Crippen LogP contribution in [-0.2, 0) is 9.47 Å². The average Bonchev–Trinajstić information content (AvgIpc) is 2.72. The van der Waals surface area contributed by atoms with Crippen LogP contribution in [0.4, 0.5) is 10.5 Å². The van der Waals surface area contributed by atoms with Gasteiger partial charge in [-0.05, 0) is 26.8 Å². The van der Waals surface area contributed by atoms with Gasteiger partial charge in [0.05, 0.1) is 7.11 Å². The van der Waals surface area contributed by atoms with Crippen molar-refractivity contribution in [3.63, 3.8) is 0 Å². The van der Waals surface area contributed by atoms with E-state index in [1.54, 1.807) is 39.0 Å². The zero-order chi connectivity index (χ0) is 15.8. The second-order valence-corrected chi connectivity index (χ2v) is 5.45. The van der Waals surface area contributed by atoms with E-state index in [0.29, 0.717) is 5.56 Å². The summed E-state index contributed by atoms with van der Waals surface area (Å²) in [6.07, 6.45) is -1.09. The van der Waals surface area contributed by atoms with Crippen molar-refractivity contribution in [3.05, 3.63) is 39.9 Å². The molecule has 0 saturated heterocycles. The smallest absolute Gasteiger partial charge is 0.477 e. The topological polar surface area (TPSA) is 91.0 Å². The van der Waals surface area contributed by atoms with Crippen LogP contribution in [0.15, 0.2) is 29.4 Å². The summed E-state index contributed by atoms with van der Waals surface area (Å²) in [6, 6.07) is 6.33. The average molecular weight is 294 g/mol. The number of quaternary nitrogens is 1. The van der Waals surface area contributed by atoms with Gasteiger partial charge in [-0.1, -0.05) is 12.1 Å². The molecule has 0 N–H and O–H groups in total. The molecule has 0 radical (unpaired) electrons. The zero-order valence-corrected chi connectivity index (χ0v) is 12.2. The second kappa shape index (κ2) is 4.81. The normalized spacial score (nSPS) is 20.5. The van der Waals surface area contributed by atoms with Gasteiger partial charge in [-0.2, -0.15) is 4.79 Å². The molecule has 0 saturated carbocycles. The van der Waals surface area contributed by atoms with Crippen molar-refractivity contribution in [3.8, 4) is 0 Å². The van der Waals surface area contributed by atoms with Gasteiger partial charge in [0.1, 0.15) is 11.2 Å².